The summed E-state index contributed by atoms with van der Waals surface area (Å²) in [5, 5.41) is 0. The summed E-state index contributed by atoms with van der Waals surface area (Å²) in [5.74, 6) is 0.748. The highest BCUT2D eigenvalue weighted by atomic mass is 16.1. The van der Waals surface area contributed by atoms with E-state index in [2.05, 4.69) is 23.0 Å². The summed E-state index contributed by atoms with van der Waals surface area (Å²) < 4.78 is 0. The highest BCUT2D eigenvalue weighted by molar-refractivity contribution is 5.73. The zero-order valence-corrected chi connectivity index (χ0v) is 8.74. The third kappa shape index (κ3) is 1.68. The predicted octanol–water partition coefficient (Wildman–Crippen LogP) is 2.51. The van der Waals surface area contributed by atoms with Crippen molar-refractivity contribution in [2.45, 2.75) is 13.8 Å². The minimum absolute atomic E-state index is 0.505. The largest absolute Gasteiger partial charge is 0.336 e. The number of nitrogens with one attached hydrogen (secondary N) is 1. The second kappa shape index (κ2) is 3.69. The quantitative estimate of drug-likeness (QED) is 0.757. The van der Waals surface area contributed by atoms with E-state index in [4.69, 9.17) is 0 Å². The number of hydrogen-bond acceptors (Lipinski definition) is 2. The van der Waals surface area contributed by atoms with Crippen molar-refractivity contribution in [2.75, 3.05) is 0 Å². The van der Waals surface area contributed by atoms with E-state index in [0.717, 1.165) is 17.7 Å². The molecule has 0 aliphatic carbocycles. The van der Waals surface area contributed by atoms with Gasteiger partial charge in [-0.1, -0.05) is 18.2 Å². The Morgan fingerprint density at radius 3 is 2.80 bits per heavy atom. The number of nitrogens with zero attached hydrogens (tertiary/aromatic N) is 1. The number of hydrogen-bond donors (Lipinski definition) is 1. The first-order chi connectivity index (χ1) is 7.22. The average molecular weight is 200 g/mol. The smallest absolute Gasteiger partial charge is 0.167 e. The van der Waals surface area contributed by atoms with Gasteiger partial charge in [0.25, 0.3) is 0 Å². The van der Waals surface area contributed by atoms with E-state index in [-0.39, 0.29) is 0 Å². The molecule has 0 bridgehead atoms. The van der Waals surface area contributed by atoms with Gasteiger partial charge < -0.3 is 4.98 Å². The molecular weight excluding hydrogens is 188 g/mol. The molecule has 0 atom stereocenters. The van der Waals surface area contributed by atoms with Crippen molar-refractivity contribution in [3.63, 3.8) is 0 Å². The van der Waals surface area contributed by atoms with E-state index < -0.39 is 0 Å². The van der Waals surface area contributed by atoms with Gasteiger partial charge in [-0.25, -0.2) is 4.98 Å². The molecule has 2 rings (SSSR count). The molecule has 1 aromatic heterocycles. The van der Waals surface area contributed by atoms with Crippen LogP contribution in [0.2, 0.25) is 0 Å². The maximum Gasteiger partial charge on any atom is 0.167 e. The summed E-state index contributed by atoms with van der Waals surface area (Å²) in [4.78, 5) is 17.7. The van der Waals surface area contributed by atoms with Gasteiger partial charge in [0.05, 0.1) is 11.9 Å². The number of rotatable bonds is 2. The van der Waals surface area contributed by atoms with Crippen molar-refractivity contribution in [3.8, 4) is 11.4 Å². The van der Waals surface area contributed by atoms with Gasteiger partial charge in [-0.15, -0.1) is 0 Å². The third-order valence-electron chi connectivity index (χ3n) is 2.58. The molecule has 76 valence electrons. The van der Waals surface area contributed by atoms with E-state index in [1.54, 1.807) is 6.20 Å². The Hall–Kier alpha value is -1.90. The summed E-state index contributed by atoms with van der Waals surface area (Å²) in [6.07, 6.45) is 2.31. The lowest BCUT2D eigenvalue weighted by atomic mass is 10.0. The molecule has 0 aliphatic rings. The van der Waals surface area contributed by atoms with Crippen LogP contribution in [-0.2, 0) is 0 Å². The van der Waals surface area contributed by atoms with Crippen LogP contribution < -0.4 is 0 Å². The molecule has 0 unspecified atom stereocenters. The first kappa shape index (κ1) is 9.65. The number of imidazole rings is 1. The number of aldehydes is 1. The number of carbonyl (C=O) groups is 1. The van der Waals surface area contributed by atoms with Gasteiger partial charge in [-0.2, -0.15) is 0 Å². The molecule has 0 saturated carbocycles. The van der Waals surface area contributed by atoms with Gasteiger partial charge in [-0.05, 0) is 25.0 Å². The Kier molecular flexibility index (Phi) is 2.37. The number of aromatic nitrogens is 2. The van der Waals surface area contributed by atoms with Gasteiger partial charge in [0.1, 0.15) is 5.82 Å². The number of benzene rings is 1. The van der Waals surface area contributed by atoms with Gasteiger partial charge >= 0.3 is 0 Å². The first-order valence-electron chi connectivity index (χ1n) is 4.79. The minimum atomic E-state index is 0.505. The molecular formula is C12H12N2O. The summed E-state index contributed by atoms with van der Waals surface area (Å²) in [5.41, 5.74) is 3.95. The first-order valence-corrected chi connectivity index (χ1v) is 4.79. The molecule has 15 heavy (non-hydrogen) atoms. The maximum atomic E-state index is 10.5. The molecule has 0 radical (unpaired) electrons. The predicted molar refractivity (Wildman–Crippen MR) is 58.9 cm³/mol. The van der Waals surface area contributed by atoms with Crippen molar-refractivity contribution >= 4 is 6.29 Å². The molecule has 0 saturated heterocycles. The summed E-state index contributed by atoms with van der Waals surface area (Å²) >= 11 is 0. The lowest BCUT2D eigenvalue weighted by Crippen LogP contribution is -1.88. The standard InChI is InChI=1S/C12H12N2O/c1-8-4-3-5-11(9(8)2)12-13-6-10(7-15)14-12/h3-7H,1-2H3,(H,13,14). The Morgan fingerprint density at radius 1 is 1.33 bits per heavy atom. The van der Waals surface area contributed by atoms with Crippen LogP contribution in [0.25, 0.3) is 11.4 Å². The zero-order chi connectivity index (χ0) is 10.8. The Bertz CT molecular complexity index is 500. The lowest BCUT2D eigenvalue weighted by molar-refractivity contribution is 0.111. The molecule has 0 spiro atoms. The van der Waals surface area contributed by atoms with Crippen molar-refractivity contribution in [2.24, 2.45) is 0 Å². The van der Waals surface area contributed by atoms with Crippen LogP contribution in [0, 0.1) is 13.8 Å². The van der Waals surface area contributed by atoms with Crippen LogP contribution >= 0.6 is 0 Å². The highest BCUT2D eigenvalue weighted by Crippen LogP contribution is 2.22. The highest BCUT2D eigenvalue weighted by Gasteiger charge is 2.06. The number of carbonyl (C=O) groups excluding carboxylic acids is 1. The van der Waals surface area contributed by atoms with Gasteiger partial charge in [0.15, 0.2) is 6.29 Å². The van der Waals surface area contributed by atoms with Gasteiger partial charge in [0, 0.05) is 5.56 Å². The van der Waals surface area contributed by atoms with E-state index in [1.165, 1.54) is 11.1 Å². The third-order valence-corrected chi connectivity index (χ3v) is 2.58. The second-order valence-corrected chi connectivity index (χ2v) is 3.55. The average Bonchev–Trinajstić information content (AvgIpc) is 2.70. The number of aromatic amines is 1. The second-order valence-electron chi connectivity index (χ2n) is 3.55. The van der Waals surface area contributed by atoms with Crippen LogP contribution in [0.4, 0.5) is 0 Å². The Balaban J connectivity index is 2.53. The molecule has 2 aromatic rings. The van der Waals surface area contributed by atoms with Gasteiger partial charge in [0.2, 0.25) is 0 Å². The zero-order valence-electron chi connectivity index (χ0n) is 8.74. The summed E-state index contributed by atoms with van der Waals surface area (Å²) in [6, 6.07) is 6.04. The van der Waals surface area contributed by atoms with Crippen LogP contribution in [0.3, 0.4) is 0 Å². The van der Waals surface area contributed by atoms with Crippen LogP contribution in [0.1, 0.15) is 21.6 Å². The molecule has 1 aromatic carbocycles. The van der Waals surface area contributed by atoms with Crippen molar-refractivity contribution in [3.05, 3.63) is 41.2 Å². The molecule has 1 heterocycles. The fraction of sp³-hybridized carbons (Fsp3) is 0.167. The molecule has 0 aliphatic heterocycles. The fourth-order valence-corrected chi connectivity index (χ4v) is 1.54. The maximum absolute atomic E-state index is 10.5. The van der Waals surface area contributed by atoms with Crippen LogP contribution in [0.5, 0.6) is 0 Å². The monoisotopic (exact) mass is 200 g/mol. The topological polar surface area (TPSA) is 45.8 Å². The molecule has 3 nitrogen and oxygen atoms in total. The van der Waals surface area contributed by atoms with Crippen LogP contribution in [0.15, 0.2) is 24.4 Å². The molecule has 0 fully saturated rings. The van der Waals surface area contributed by atoms with Crippen molar-refractivity contribution in [1.29, 1.82) is 0 Å². The summed E-state index contributed by atoms with van der Waals surface area (Å²) in [7, 11) is 0. The van der Waals surface area contributed by atoms with Gasteiger partial charge in [-0.3, -0.25) is 4.79 Å². The summed E-state index contributed by atoms with van der Waals surface area (Å²) in [6.45, 7) is 4.11. The molecule has 3 heteroatoms. The van der Waals surface area contributed by atoms with Crippen LogP contribution in [-0.4, -0.2) is 16.3 Å². The Morgan fingerprint density at radius 2 is 2.13 bits per heavy atom. The number of H-pyrrole nitrogens is 1. The fourth-order valence-electron chi connectivity index (χ4n) is 1.54. The van der Waals surface area contributed by atoms with E-state index in [9.17, 15) is 4.79 Å². The van der Waals surface area contributed by atoms with Crippen molar-refractivity contribution in [1.82, 2.24) is 9.97 Å². The van der Waals surface area contributed by atoms with E-state index in [1.807, 2.05) is 19.1 Å². The molecule has 1 N–H and O–H groups in total. The normalized spacial score (nSPS) is 10.3. The van der Waals surface area contributed by atoms with Crippen molar-refractivity contribution < 1.29 is 4.79 Å². The van der Waals surface area contributed by atoms with E-state index >= 15 is 0 Å². The Labute approximate surface area is 88.2 Å². The SMILES string of the molecule is Cc1cccc(-c2ncc(C=O)[nH]2)c1C. The van der Waals surface area contributed by atoms with E-state index in [0.29, 0.717) is 5.69 Å². The number of aryl methyl sites for hydroxylation is 1. The minimum Gasteiger partial charge on any atom is -0.336 e. The molecule has 0 amide bonds. The lowest BCUT2D eigenvalue weighted by Gasteiger charge is -2.05.